The number of nitro benzene ring substituents is 1. The molecule has 0 aliphatic carbocycles. The van der Waals surface area contributed by atoms with Gasteiger partial charge in [-0.25, -0.2) is 0 Å². The van der Waals surface area contributed by atoms with Gasteiger partial charge in [0.25, 0.3) is 5.69 Å². The molecule has 1 amide bonds. The average Bonchev–Trinajstić information content (AvgIpc) is 2.58. The Morgan fingerprint density at radius 2 is 1.68 bits per heavy atom. The molecule has 0 atom stereocenters. The van der Waals surface area contributed by atoms with Crippen molar-refractivity contribution in [2.45, 2.75) is 12.7 Å². The largest absolute Gasteiger partial charge is 0.416 e. The van der Waals surface area contributed by atoms with Gasteiger partial charge in [-0.3, -0.25) is 14.9 Å². The Balaban J connectivity index is 1.88. The number of hydrogen-bond acceptors (Lipinski definition) is 3. The molecule has 2 aromatic carbocycles. The van der Waals surface area contributed by atoms with E-state index in [1.807, 2.05) is 0 Å². The van der Waals surface area contributed by atoms with Gasteiger partial charge in [-0.05, 0) is 41.5 Å². The van der Waals surface area contributed by atoms with Crippen LogP contribution in [-0.2, 0) is 17.5 Å². The summed E-state index contributed by atoms with van der Waals surface area (Å²) in [7, 11) is 0. The Bertz CT molecular complexity index is 782. The molecular weight excluding hydrogens is 337 g/mol. The monoisotopic (exact) mass is 350 g/mol. The first kappa shape index (κ1) is 18.2. The van der Waals surface area contributed by atoms with Gasteiger partial charge in [0.05, 0.1) is 10.5 Å². The van der Waals surface area contributed by atoms with E-state index in [2.05, 4.69) is 5.32 Å². The summed E-state index contributed by atoms with van der Waals surface area (Å²) < 4.78 is 37.3. The summed E-state index contributed by atoms with van der Waals surface area (Å²) in [6.07, 6.45) is -1.67. The van der Waals surface area contributed by atoms with Gasteiger partial charge in [0, 0.05) is 24.8 Å². The quantitative estimate of drug-likeness (QED) is 0.504. The number of benzene rings is 2. The summed E-state index contributed by atoms with van der Waals surface area (Å²) in [5.74, 6) is -0.432. The van der Waals surface area contributed by atoms with E-state index in [1.165, 1.54) is 48.6 Å². The number of rotatable bonds is 5. The Morgan fingerprint density at radius 1 is 1.08 bits per heavy atom. The highest BCUT2D eigenvalue weighted by Gasteiger charge is 2.29. The van der Waals surface area contributed by atoms with Gasteiger partial charge in [0.1, 0.15) is 0 Å². The predicted molar refractivity (Wildman–Crippen MR) is 85.4 cm³/mol. The van der Waals surface area contributed by atoms with Crippen molar-refractivity contribution in [2.24, 2.45) is 0 Å². The molecule has 0 spiro atoms. The number of nitrogens with zero attached hydrogens (tertiary/aromatic N) is 1. The minimum absolute atomic E-state index is 0.0519. The third-order valence-electron chi connectivity index (χ3n) is 3.28. The molecule has 0 unspecified atom stereocenters. The first-order chi connectivity index (χ1) is 11.8. The van der Waals surface area contributed by atoms with Crippen molar-refractivity contribution in [3.8, 4) is 0 Å². The Hall–Kier alpha value is -3.16. The number of carbonyl (C=O) groups excluding carboxylic acids is 1. The van der Waals surface area contributed by atoms with Gasteiger partial charge in [-0.1, -0.05) is 12.1 Å². The molecule has 130 valence electrons. The number of nitrogens with one attached hydrogen (secondary N) is 1. The van der Waals surface area contributed by atoms with Crippen LogP contribution in [0.5, 0.6) is 0 Å². The smallest absolute Gasteiger partial charge is 0.348 e. The average molecular weight is 350 g/mol. The molecule has 0 aromatic heterocycles. The number of carbonyl (C=O) groups is 1. The van der Waals surface area contributed by atoms with Crippen LogP contribution in [0.4, 0.5) is 18.9 Å². The maximum Gasteiger partial charge on any atom is 0.416 e. The summed E-state index contributed by atoms with van der Waals surface area (Å²) in [5, 5.41) is 13.1. The molecule has 0 saturated carbocycles. The molecule has 0 aliphatic rings. The van der Waals surface area contributed by atoms with E-state index in [1.54, 1.807) is 0 Å². The van der Waals surface area contributed by atoms with E-state index in [0.717, 1.165) is 12.1 Å². The van der Waals surface area contributed by atoms with Crippen LogP contribution in [0.2, 0.25) is 0 Å². The zero-order valence-electron chi connectivity index (χ0n) is 12.8. The molecule has 0 fully saturated rings. The number of hydrogen-bond donors (Lipinski definition) is 1. The molecule has 8 heteroatoms. The second-order valence-corrected chi connectivity index (χ2v) is 5.09. The molecule has 0 radical (unpaired) electrons. The lowest BCUT2D eigenvalue weighted by molar-refractivity contribution is -0.384. The normalized spacial score (nSPS) is 11.5. The fourth-order valence-electron chi connectivity index (χ4n) is 1.94. The van der Waals surface area contributed by atoms with Gasteiger partial charge in [-0.2, -0.15) is 13.2 Å². The third kappa shape index (κ3) is 5.45. The zero-order chi connectivity index (χ0) is 18.4. The highest BCUT2D eigenvalue weighted by Crippen LogP contribution is 2.29. The number of halogens is 3. The molecule has 0 heterocycles. The van der Waals surface area contributed by atoms with Crippen molar-refractivity contribution in [3.05, 3.63) is 81.4 Å². The molecule has 0 bridgehead atoms. The number of amides is 1. The van der Waals surface area contributed by atoms with Crippen molar-refractivity contribution in [1.29, 1.82) is 0 Å². The predicted octanol–water partition coefficient (Wildman–Crippen LogP) is 3.94. The fourth-order valence-corrected chi connectivity index (χ4v) is 1.94. The maximum absolute atomic E-state index is 12.4. The first-order valence-electron chi connectivity index (χ1n) is 7.12. The lowest BCUT2D eigenvalue weighted by Crippen LogP contribution is -2.20. The summed E-state index contributed by atoms with van der Waals surface area (Å²) in [6, 6.07) is 10.1. The Kier molecular flexibility index (Phi) is 5.53. The Labute approximate surface area is 140 Å². The van der Waals surface area contributed by atoms with Crippen LogP contribution in [0.3, 0.4) is 0 Å². The topological polar surface area (TPSA) is 72.2 Å². The van der Waals surface area contributed by atoms with Gasteiger partial charge in [0.15, 0.2) is 0 Å². The van der Waals surface area contributed by atoms with Crippen LogP contribution < -0.4 is 5.32 Å². The van der Waals surface area contributed by atoms with E-state index in [4.69, 9.17) is 0 Å². The number of non-ortho nitro benzene ring substituents is 1. The molecule has 2 aromatic rings. The van der Waals surface area contributed by atoms with Crippen LogP contribution in [0.1, 0.15) is 16.7 Å². The van der Waals surface area contributed by atoms with E-state index in [0.29, 0.717) is 11.1 Å². The van der Waals surface area contributed by atoms with Gasteiger partial charge in [0.2, 0.25) is 5.91 Å². The van der Waals surface area contributed by atoms with Crippen molar-refractivity contribution in [3.63, 3.8) is 0 Å². The van der Waals surface area contributed by atoms with Gasteiger partial charge >= 0.3 is 6.18 Å². The highest BCUT2D eigenvalue weighted by atomic mass is 19.4. The zero-order valence-corrected chi connectivity index (χ0v) is 12.8. The molecule has 1 N–H and O–H groups in total. The summed E-state index contributed by atoms with van der Waals surface area (Å²) in [6.45, 7) is 0.0849. The summed E-state index contributed by atoms with van der Waals surface area (Å²) >= 11 is 0. The van der Waals surface area contributed by atoms with Crippen molar-refractivity contribution >= 4 is 17.7 Å². The second-order valence-electron chi connectivity index (χ2n) is 5.09. The molecule has 0 saturated heterocycles. The van der Waals surface area contributed by atoms with Crippen LogP contribution in [0, 0.1) is 10.1 Å². The number of nitro groups is 1. The van der Waals surface area contributed by atoms with Crippen LogP contribution in [-0.4, -0.2) is 10.8 Å². The molecule has 0 aliphatic heterocycles. The lowest BCUT2D eigenvalue weighted by atomic mass is 10.1. The van der Waals surface area contributed by atoms with E-state index in [-0.39, 0.29) is 12.2 Å². The Morgan fingerprint density at radius 3 is 2.20 bits per heavy atom. The maximum atomic E-state index is 12.4. The SMILES string of the molecule is O=C(/C=C/c1ccc([N+](=O)[O-])cc1)NCc1ccc(C(F)(F)F)cc1. The summed E-state index contributed by atoms with van der Waals surface area (Å²) in [4.78, 5) is 21.7. The molecule has 2 rings (SSSR count). The van der Waals surface area contributed by atoms with Crippen molar-refractivity contribution in [1.82, 2.24) is 5.32 Å². The van der Waals surface area contributed by atoms with Crippen molar-refractivity contribution in [2.75, 3.05) is 0 Å². The molecule has 5 nitrogen and oxygen atoms in total. The highest BCUT2D eigenvalue weighted by molar-refractivity contribution is 5.91. The van der Waals surface area contributed by atoms with Crippen molar-refractivity contribution < 1.29 is 22.9 Å². The minimum Gasteiger partial charge on any atom is -0.348 e. The first-order valence-corrected chi connectivity index (χ1v) is 7.12. The van der Waals surface area contributed by atoms with E-state index < -0.39 is 22.6 Å². The summed E-state index contributed by atoms with van der Waals surface area (Å²) in [5.41, 5.74) is 0.338. The van der Waals surface area contributed by atoms with Gasteiger partial charge in [-0.15, -0.1) is 0 Å². The minimum atomic E-state index is -4.39. The standard InChI is InChI=1S/C17H13F3N2O3/c18-17(19,20)14-6-1-13(2-7-14)11-21-16(23)10-5-12-3-8-15(9-4-12)22(24)25/h1-10H,11H2,(H,21,23)/b10-5+. The van der Waals surface area contributed by atoms with Crippen LogP contribution >= 0.6 is 0 Å². The van der Waals surface area contributed by atoms with E-state index >= 15 is 0 Å². The number of alkyl halides is 3. The second kappa shape index (κ2) is 7.61. The third-order valence-corrected chi connectivity index (χ3v) is 3.28. The van der Waals surface area contributed by atoms with Crippen LogP contribution in [0.25, 0.3) is 6.08 Å². The molecule has 25 heavy (non-hydrogen) atoms. The fraction of sp³-hybridized carbons (Fsp3) is 0.118. The van der Waals surface area contributed by atoms with Crippen LogP contribution in [0.15, 0.2) is 54.6 Å². The van der Waals surface area contributed by atoms with Gasteiger partial charge < -0.3 is 5.32 Å². The molecular formula is C17H13F3N2O3. The van der Waals surface area contributed by atoms with E-state index in [9.17, 15) is 28.1 Å². The lowest BCUT2D eigenvalue weighted by Gasteiger charge is -2.07.